The summed E-state index contributed by atoms with van der Waals surface area (Å²) in [6.45, 7) is 10.4. The summed E-state index contributed by atoms with van der Waals surface area (Å²) in [7, 11) is 0. The summed E-state index contributed by atoms with van der Waals surface area (Å²) in [5.41, 5.74) is 2.73. The number of halogens is 1. The fraction of sp³-hybridized carbons (Fsp3) is 0.394. The van der Waals surface area contributed by atoms with E-state index in [-0.39, 0.29) is 18.2 Å². The molecule has 4 heterocycles. The lowest BCUT2D eigenvalue weighted by atomic mass is 10.0. The Morgan fingerprint density at radius 2 is 1.96 bits per heavy atom. The van der Waals surface area contributed by atoms with Gasteiger partial charge in [-0.05, 0) is 71.7 Å². The molecule has 0 saturated carbocycles. The monoisotopic (exact) mass is 625 g/mol. The molecule has 1 aliphatic heterocycles. The molecule has 3 aromatic heterocycles. The van der Waals surface area contributed by atoms with Crippen LogP contribution in [0, 0.1) is 17.1 Å². The van der Waals surface area contributed by atoms with Gasteiger partial charge in [0.1, 0.15) is 23.0 Å². The summed E-state index contributed by atoms with van der Waals surface area (Å²) in [5.74, 6) is -0.0181. The van der Waals surface area contributed by atoms with Crippen LogP contribution < -0.4 is 10.2 Å². The molecule has 0 bridgehead atoms. The Bertz CT molecular complexity index is 1980. The highest BCUT2D eigenvalue weighted by Gasteiger charge is 2.28. The second kappa shape index (κ2) is 11.7. The molecule has 13 heteroatoms. The maximum Gasteiger partial charge on any atom is 0.407 e. The number of anilines is 1. The number of hydrogen-bond acceptors (Lipinski definition) is 9. The molecule has 6 rings (SSSR count). The van der Waals surface area contributed by atoms with Crippen molar-refractivity contribution in [2.24, 2.45) is 0 Å². The molecule has 5 aromatic rings. The molecule has 1 aliphatic rings. The summed E-state index contributed by atoms with van der Waals surface area (Å²) >= 11 is 0. The van der Waals surface area contributed by atoms with Crippen molar-refractivity contribution < 1.29 is 19.0 Å². The molecular formula is C33H36FN9O3. The molecule has 2 aromatic carbocycles. The van der Waals surface area contributed by atoms with Crippen molar-refractivity contribution in [3.63, 3.8) is 0 Å². The van der Waals surface area contributed by atoms with Gasteiger partial charge in [-0.1, -0.05) is 17.3 Å². The second-order valence-electron chi connectivity index (χ2n) is 13.3. The summed E-state index contributed by atoms with van der Waals surface area (Å²) in [4.78, 5) is 24.3. The van der Waals surface area contributed by atoms with E-state index in [2.05, 4.69) is 20.5 Å². The number of alkyl carbamates (subject to hydrolysis) is 1. The van der Waals surface area contributed by atoms with Crippen LogP contribution in [0.25, 0.3) is 39.2 Å². The van der Waals surface area contributed by atoms with Crippen LogP contribution in [0.3, 0.4) is 0 Å². The van der Waals surface area contributed by atoms with E-state index in [4.69, 9.17) is 14.7 Å². The van der Waals surface area contributed by atoms with E-state index in [0.29, 0.717) is 47.0 Å². The third-order valence-corrected chi connectivity index (χ3v) is 7.65. The zero-order valence-electron chi connectivity index (χ0n) is 26.5. The van der Waals surface area contributed by atoms with E-state index in [0.717, 1.165) is 23.9 Å². The number of piperidine rings is 1. The van der Waals surface area contributed by atoms with Crippen LogP contribution in [-0.2, 0) is 11.3 Å². The average Bonchev–Trinajstić information content (AvgIpc) is 3.56. The molecule has 12 nitrogen and oxygen atoms in total. The van der Waals surface area contributed by atoms with Gasteiger partial charge in [-0.2, -0.15) is 5.26 Å². The first-order chi connectivity index (χ1) is 21.8. The highest BCUT2D eigenvalue weighted by Crippen LogP contribution is 2.37. The normalized spacial score (nSPS) is 15.7. The summed E-state index contributed by atoms with van der Waals surface area (Å²) in [6.07, 6.45) is 4.65. The molecule has 1 atom stereocenters. The first-order valence-electron chi connectivity index (χ1n) is 15.2. The van der Waals surface area contributed by atoms with Crippen molar-refractivity contribution in [3.8, 4) is 28.6 Å². The van der Waals surface area contributed by atoms with E-state index in [1.165, 1.54) is 12.1 Å². The van der Waals surface area contributed by atoms with Gasteiger partial charge in [0.25, 0.3) is 0 Å². The number of aliphatic hydroxyl groups is 1. The Balaban J connectivity index is 1.44. The van der Waals surface area contributed by atoms with Crippen molar-refractivity contribution in [3.05, 3.63) is 60.2 Å². The summed E-state index contributed by atoms with van der Waals surface area (Å²) < 4.78 is 24.0. The van der Waals surface area contributed by atoms with Crippen LogP contribution in [0.1, 0.15) is 53.0 Å². The Morgan fingerprint density at radius 3 is 2.67 bits per heavy atom. The lowest BCUT2D eigenvalue weighted by Crippen LogP contribution is -2.49. The van der Waals surface area contributed by atoms with E-state index < -0.39 is 23.1 Å². The number of fused-ring (bicyclic) bond motifs is 2. The van der Waals surface area contributed by atoms with Crippen LogP contribution >= 0.6 is 0 Å². The van der Waals surface area contributed by atoms with Gasteiger partial charge in [0.2, 0.25) is 0 Å². The van der Waals surface area contributed by atoms with E-state index in [1.54, 1.807) is 37.0 Å². The van der Waals surface area contributed by atoms with Gasteiger partial charge in [0.05, 0.1) is 34.6 Å². The molecule has 0 radical (unpaired) electrons. The van der Waals surface area contributed by atoms with Crippen LogP contribution in [0.5, 0.6) is 0 Å². The number of nitrogens with one attached hydrogen (secondary N) is 1. The number of carbonyl (C=O) groups is 1. The number of amides is 1. The molecule has 1 amide bonds. The Hall–Kier alpha value is -5.09. The smallest absolute Gasteiger partial charge is 0.407 e. The number of aromatic nitrogens is 6. The number of carbonyl (C=O) groups excluding carboxylic acids is 1. The summed E-state index contributed by atoms with van der Waals surface area (Å²) in [5, 5.41) is 31.2. The minimum absolute atomic E-state index is 0.0573. The Morgan fingerprint density at radius 1 is 1.17 bits per heavy atom. The molecule has 46 heavy (non-hydrogen) atoms. The Kier molecular flexibility index (Phi) is 7.85. The van der Waals surface area contributed by atoms with Crippen molar-refractivity contribution in [1.82, 2.24) is 34.7 Å². The Labute approximate surface area is 265 Å². The number of ether oxygens (including phenoxy) is 1. The van der Waals surface area contributed by atoms with Gasteiger partial charge in [-0.15, -0.1) is 5.10 Å². The molecule has 2 N–H and O–H groups in total. The maximum atomic E-state index is 14.9. The molecule has 0 spiro atoms. The van der Waals surface area contributed by atoms with Gasteiger partial charge in [0, 0.05) is 42.7 Å². The minimum Gasteiger partial charge on any atom is -0.444 e. The molecular weight excluding hydrogens is 589 g/mol. The van der Waals surface area contributed by atoms with E-state index in [1.807, 2.05) is 49.4 Å². The second-order valence-corrected chi connectivity index (χ2v) is 13.3. The van der Waals surface area contributed by atoms with E-state index in [9.17, 15) is 19.6 Å². The number of nitrogens with zero attached hydrogens (tertiary/aromatic N) is 8. The molecule has 1 fully saturated rings. The predicted octanol–water partition coefficient (Wildman–Crippen LogP) is 5.08. The quantitative estimate of drug-likeness (QED) is 0.264. The lowest BCUT2D eigenvalue weighted by molar-refractivity contribution is 0.0499. The van der Waals surface area contributed by atoms with Crippen molar-refractivity contribution in [2.75, 3.05) is 18.0 Å². The lowest BCUT2D eigenvalue weighted by Gasteiger charge is -2.34. The topological polar surface area (TPSA) is 146 Å². The highest BCUT2D eigenvalue weighted by atomic mass is 19.1. The fourth-order valence-electron chi connectivity index (χ4n) is 5.78. The van der Waals surface area contributed by atoms with Crippen LogP contribution in [-0.4, -0.2) is 70.9 Å². The third kappa shape index (κ3) is 6.34. The summed E-state index contributed by atoms with van der Waals surface area (Å²) in [6, 6.07) is 11.9. The zero-order valence-corrected chi connectivity index (χ0v) is 26.5. The molecule has 238 valence electrons. The van der Waals surface area contributed by atoms with Gasteiger partial charge < -0.3 is 20.1 Å². The van der Waals surface area contributed by atoms with Crippen molar-refractivity contribution in [2.45, 2.75) is 71.2 Å². The number of benzene rings is 2. The van der Waals surface area contributed by atoms with Crippen molar-refractivity contribution in [1.29, 1.82) is 5.26 Å². The average molecular weight is 626 g/mol. The van der Waals surface area contributed by atoms with Gasteiger partial charge in [-0.3, -0.25) is 4.40 Å². The largest absolute Gasteiger partial charge is 0.444 e. The van der Waals surface area contributed by atoms with Crippen LogP contribution in [0.2, 0.25) is 0 Å². The highest BCUT2D eigenvalue weighted by molar-refractivity contribution is 5.89. The number of hydrogen-bond donors (Lipinski definition) is 2. The fourth-order valence-corrected chi connectivity index (χ4v) is 5.78. The standard InChI is InChI=1S/C33H36FN9O3/c1-32(2,3)46-31(44)37-23-7-6-13-41(18-23)29-30-38-27(20-8-9-22(17-35)24(34)15-20)28(42(30)14-12-36-29)21-10-11-26-25(16-21)39-40-43(26)19-33(4,5)45/h8-12,14-16,23,45H,6-7,13,18-19H2,1-5H3,(H,37,44)/t23-/m1/s1. The molecule has 0 unspecified atom stereocenters. The van der Waals surface area contributed by atoms with Crippen molar-refractivity contribution >= 4 is 28.6 Å². The number of nitriles is 1. The van der Waals surface area contributed by atoms with Crippen LogP contribution in [0.4, 0.5) is 15.0 Å². The number of rotatable bonds is 6. The van der Waals surface area contributed by atoms with Crippen LogP contribution in [0.15, 0.2) is 48.8 Å². The third-order valence-electron chi connectivity index (χ3n) is 7.65. The molecule has 1 saturated heterocycles. The van der Waals surface area contributed by atoms with Gasteiger partial charge >= 0.3 is 6.09 Å². The zero-order chi connectivity index (χ0) is 32.8. The first-order valence-corrected chi connectivity index (χ1v) is 15.2. The maximum absolute atomic E-state index is 14.9. The molecule has 0 aliphatic carbocycles. The van der Waals surface area contributed by atoms with Gasteiger partial charge in [-0.25, -0.2) is 23.8 Å². The van der Waals surface area contributed by atoms with E-state index >= 15 is 0 Å². The first kappa shape index (κ1) is 30.9. The minimum atomic E-state index is -0.979. The SMILES string of the molecule is CC(C)(O)Cn1nnc2cc(-c3c(-c4ccc(C#N)c(F)c4)nc4c(N5CCC[C@@H](NC(=O)OC(C)(C)C)C5)nccn34)ccc21. The van der Waals surface area contributed by atoms with Gasteiger partial charge in [0.15, 0.2) is 11.5 Å². The predicted molar refractivity (Wildman–Crippen MR) is 171 cm³/mol. The number of imidazole rings is 1.